The molecule has 142 valence electrons. The fourth-order valence-electron chi connectivity index (χ4n) is 2.93. The van der Waals surface area contributed by atoms with Crippen LogP contribution in [0.2, 0.25) is 0 Å². The zero-order valence-corrected chi connectivity index (χ0v) is 17.2. The van der Waals surface area contributed by atoms with E-state index in [-0.39, 0.29) is 11.3 Å². The number of hydrogen-bond acceptors (Lipinski definition) is 3. The second kappa shape index (κ2) is 8.07. The Labute approximate surface area is 157 Å². The predicted octanol–water partition coefficient (Wildman–Crippen LogP) is 5.39. The van der Waals surface area contributed by atoms with E-state index in [0.29, 0.717) is 23.3 Å². The lowest BCUT2D eigenvalue weighted by Crippen LogP contribution is -2.37. The first kappa shape index (κ1) is 20.2. The van der Waals surface area contributed by atoms with Crippen molar-refractivity contribution in [2.75, 3.05) is 13.1 Å². The molecule has 0 aliphatic heterocycles. The van der Waals surface area contributed by atoms with Crippen LogP contribution in [-0.4, -0.2) is 29.1 Å². The van der Waals surface area contributed by atoms with Crippen LogP contribution in [0.3, 0.4) is 0 Å². The quantitative estimate of drug-likeness (QED) is 0.697. The molecule has 4 heteroatoms. The van der Waals surface area contributed by atoms with Gasteiger partial charge in [-0.05, 0) is 22.8 Å². The molecule has 0 fully saturated rings. The van der Waals surface area contributed by atoms with Crippen molar-refractivity contribution in [1.82, 2.24) is 10.1 Å². The Kier molecular flexibility index (Phi) is 6.27. The molecule has 2 rings (SSSR count). The third-order valence-electron chi connectivity index (χ3n) is 4.22. The van der Waals surface area contributed by atoms with E-state index in [4.69, 9.17) is 4.52 Å². The Morgan fingerprint density at radius 3 is 2.04 bits per heavy atom. The summed E-state index contributed by atoms with van der Waals surface area (Å²) in [5, 5.41) is 4.03. The van der Waals surface area contributed by atoms with Crippen LogP contribution < -0.4 is 0 Å². The number of nitrogens with zero attached hydrogens (tertiary/aromatic N) is 2. The molecule has 0 spiro atoms. The molecule has 0 radical (unpaired) electrons. The Bertz CT molecular complexity index is 711. The summed E-state index contributed by atoms with van der Waals surface area (Å²) < 4.78 is 5.46. The van der Waals surface area contributed by atoms with E-state index in [2.05, 4.69) is 65.8 Å². The van der Waals surface area contributed by atoms with Crippen LogP contribution in [0.25, 0.3) is 11.3 Å². The number of carbonyl (C=O) groups is 1. The van der Waals surface area contributed by atoms with Gasteiger partial charge in [0, 0.05) is 24.7 Å². The number of carbonyl (C=O) groups excluding carboxylic acids is 1. The fourth-order valence-corrected chi connectivity index (χ4v) is 2.93. The molecular formula is C22H32N2O2. The summed E-state index contributed by atoms with van der Waals surface area (Å²) in [6.45, 7) is 16.5. The zero-order valence-electron chi connectivity index (χ0n) is 17.2. The molecule has 26 heavy (non-hydrogen) atoms. The highest BCUT2D eigenvalue weighted by molar-refractivity contribution is 5.93. The molecule has 4 nitrogen and oxygen atoms in total. The molecule has 0 aliphatic carbocycles. The molecule has 0 N–H and O–H groups in total. The number of aromatic nitrogens is 1. The highest BCUT2D eigenvalue weighted by atomic mass is 16.5. The molecule has 0 atom stereocenters. The lowest BCUT2D eigenvalue weighted by atomic mass is 9.86. The van der Waals surface area contributed by atoms with Crippen LogP contribution in [0.15, 0.2) is 34.9 Å². The summed E-state index contributed by atoms with van der Waals surface area (Å²) in [4.78, 5) is 14.7. The van der Waals surface area contributed by atoms with Gasteiger partial charge in [-0.25, -0.2) is 0 Å². The Balaban J connectivity index is 2.20. The lowest BCUT2D eigenvalue weighted by Gasteiger charge is -2.25. The van der Waals surface area contributed by atoms with Crippen molar-refractivity contribution >= 4 is 5.91 Å². The third kappa shape index (κ3) is 5.20. The average molecular weight is 357 g/mol. The van der Waals surface area contributed by atoms with Crippen molar-refractivity contribution < 1.29 is 9.32 Å². The Hall–Kier alpha value is -2.10. The first-order valence-corrected chi connectivity index (χ1v) is 9.45. The van der Waals surface area contributed by atoms with Gasteiger partial charge in [-0.1, -0.05) is 77.9 Å². The molecule has 1 heterocycles. The van der Waals surface area contributed by atoms with E-state index in [0.717, 1.165) is 18.7 Å². The second-order valence-corrected chi connectivity index (χ2v) is 8.90. The summed E-state index contributed by atoms with van der Waals surface area (Å²) in [5.41, 5.74) is 2.68. The molecule has 0 aliphatic rings. The smallest absolute Gasteiger partial charge is 0.276 e. The number of benzene rings is 1. The number of hydrogen-bond donors (Lipinski definition) is 0. The summed E-state index contributed by atoms with van der Waals surface area (Å²) in [6.07, 6.45) is 0. The maximum atomic E-state index is 12.8. The summed E-state index contributed by atoms with van der Waals surface area (Å²) in [6, 6.07) is 10.00. The van der Waals surface area contributed by atoms with Gasteiger partial charge in [0.15, 0.2) is 11.5 Å². The van der Waals surface area contributed by atoms with Crippen molar-refractivity contribution in [1.29, 1.82) is 0 Å². The van der Waals surface area contributed by atoms with Crippen molar-refractivity contribution in [3.8, 4) is 11.3 Å². The minimum absolute atomic E-state index is 0.0614. The highest BCUT2D eigenvalue weighted by Crippen LogP contribution is 2.27. The van der Waals surface area contributed by atoms with Crippen LogP contribution in [0, 0.1) is 11.8 Å². The first-order chi connectivity index (χ1) is 12.1. The molecule has 1 aromatic heterocycles. The largest absolute Gasteiger partial charge is 0.355 e. The molecule has 1 aromatic carbocycles. The number of amides is 1. The second-order valence-electron chi connectivity index (χ2n) is 8.90. The SMILES string of the molecule is CC(C)CN(CC(C)C)C(=O)c1cc(-c2ccc(C(C)(C)C)cc2)on1. The maximum Gasteiger partial charge on any atom is 0.276 e. The first-order valence-electron chi connectivity index (χ1n) is 9.45. The average Bonchev–Trinajstić information content (AvgIpc) is 3.02. The van der Waals surface area contributed by atoms with Gasteiger partial charge in [0.05, 0.1) is 0 Å². The molecule has 0 saturated carbocycles. The van der Waals surface area contributed by atoms with Gasteiger partial charge >= 0.3 is 0 Å². The van der Waals surface area contributed by atoms with Crippen molar-refractivity contribution in [2.24, 2.45) is 11.8 Å². The van der Waals surface area contributed by atoms with Gasteiger partial charge in [-0.2, -0.15) is 0 Å². The van der Waals surface area contributed by atoms with Crippen molar-refractivity contribution in [3.05, 3.63) is 41.6 Å². The summed E-state index contributed by atoms with van der Waals surface area (Å²) in [5.74, 6) is 1.39. The highest BCUT2D eigenvalue weighted by Gasteiger charge is 2.22. The van der Waals surface area contributed by atoms with Gasteiger partial charge in [-0.3, -0.25) is 4.79 Å². The van der Waals surface area contributed by atoms with Crippen molar-refractivity contribution in [3.63, 3.8) is 0 Å². The topological polar surface area (TPSA) is 46.3 Å². The fraction of sp³-hybridized carbons (Fsp3) is 0.545. The van der Waals surface area contributed by atoms with Gasteiger partial charge in [0.2, 0.25) is 0 Å². The van der Waals surface area contributed by atoms with E-state index in [1.165, 1.54) is 5.56 Å². The monoisotopic (exact) mass is 356 g/mol. The van der Waals surface area contributed by atoms with Gasteiger partial charge in [-0.15, -0.1) is 0 Å². The molecule has 2 aromatic rings. The van der Waals surface area contributed by atoms with Gasteiger partial charge in [0.25, 0.3) is 5.91 Å². The molecule has 1 amide bonds. The molecule has 0 unspecified atom stereocenters. The molecular weight excluding hydrogens is 324 g/mol. The van der Waals surface area contributed by atoms with E-state index >= 15 is 0 Å². The lowest BCUT2D eigenvalue weighted by molar-refractivity contribution is 0.0704. The van der Waals surface area contributed by atoms with Crippen LogP contribution >= 0.6 is 0 Å². The zero-order chi connectivity index (χ0) is 19.5. The minimum atomic E-state index is -0.0614. The Morgan fingerprint density at radius 2 is 1.58 bits per heavy atom. The molecule has 0 saturated heterocycles. The van der Waals surface area contributed by atoms with Crippen LogP contribution in [0.5, 0.6) is 0 Å². The van der Waals surface area contributed by atoms with Crippen LogP contribution in [0.1, 0.15) is 64.5 Å². The van der Waals surface area contributed by atoms with Crippen LogP contribution in [0.4, 0.5) is 0 Å². The van der Waals surface area contributed by atoms with Gasteiger partial charge in [0.1, 0.15) is 0 Å². The minimum Gasteiger partial charge on any atom is -0.355 e. The van der Waals surface area contributed by atoms with Crippen LogP contribution in [-0.2, 0) is 5.41 Å². The van der Waals surface area contributed by atoms with Gasteiger partial charge < -0.3 is 9.42 Å². The molecule has 0 bridgehead atoms. The maximum absolute atomic E-state index is 12.8. The summed E-state index contributed by atoms with van der Waals surface area (Å²) >= 11 is 0. The summed E-state index contributed by atoms with van der Waals surface area (Å²) in [7, 11) is 0. The van der Waals surface area contributed by atoms with E-state index in [9.17, 15) is 4.79 Å². The van der Waals surface area contributed by atoms with E-state index < -0.39 is 0 Å². The van der Waals surface area contributed by atoms with E-state index in [1.54, 1.807) is 6.07 Å². The standard InChI is InChI=1S/C22H32N2O2/c1-15(2)13-24(14-16(3)4)21(25)19-12-20(26-23-19)17-8-10-18(11-9-17)22(5,6)7/h8-12,15-16H,13-14H2,1-7H3. The van der Waals surface area contributed by atoms with Crippen molar-refractivity contribution in [2.45, 2.75) is 53.9 Å². The number of rotatable bonds is 6. The van der Waals surface area contributed by atoms with E-state index in [1.807, 2.05) is 17.0 Å². The Morgan fingerprint density at radius 1 is 1.04 bits per heavy atom. The normalized spacial score (nSPS) is 12.0. The predicted molar refractivity (Wildman–Crippen MR) is 106 cm³/mol. The third-order valence-corrected chi connectivity index (χ3v) is 4.22.